The van der Waals surface area contributed by atoms with E-state index in [4.69, 9.17) is 10.1 Å². The van der Waals surface area contributed by atoms with Crippen LogP contribution in [-0.4, -0.2) is 5.21 Å². The maximum atomic E-state index is 8.11. The summed E-state index contributed by atoms with van der Waals surface area (Å²) in [4.78, 5) is 8.11. The van der Waals surface area contributed by atoms with Crippen LogP contribution in [0.3, 0.4) is 0 Å². The molecule has 0 aliphatic rings. The lowest BCUT2D eigenvalue weighted by Gasteiger charge is -1.93. The van der Waals surface area contributed by atoms with E-state index in [-0.39, 0.29) is 0 Å². The van der Waals surface area contributed by atoms with Gasteiger partial charge in [0.1, 0.15) is 0 Å². The average molecular weight is 161 g/mol. The highest BCUT2D eigenvalue weighted by molar-refractivity contribution is 4.39. The lowest BCUT2D eigenvalue weighted by Crippen LogP contribution is -1.73. The van der Waals surface area contributed by atoms with Crippen LogP contribution in [0.1, 0.15) is 52.4 Å². The third kappa shape index (κ3) is 26.6. The predicted octanol–water partition coefficient (Wildman–Crippen LogP) is 3.51. The Bertz CT molecular complexity index is 61.1. The molecule has 3 nitrogen and oxygen atoms in total. The number of nitrogens with zero attached hydrogens (tertiary/aromatic N) is 1. The minimum Gasteiger partial charge on any atom is -0.379 e. The van der Waals surface area contributed by atoms with Gasteiger partial charge in [-0.1, -0.05) is 52.4 Å². The standard InChI is InChI=1S/C8H18.HNO2/c1-3-5-7-8-6-4-2;2-1-3/h3-8H2,1-2H3;(H,2,3). The largest absolute Gasteiger partial charge is 0.379 e. The van der Waals surface area contributed by atoms with Crippen LogP contribution in [-0.2, 0) is 0 Å². The van der Waals surface area contributed by atoms with E-state index in [0.717, 1.165) is 0 Å². The molecule has 0 fully saturated rings. The Hall–Kier alpha value is -0.600. The SMILES string of the molecule is CCCCCCCC.O=NO. The van der Waals surface area contributed by atoms with Crippen molar-refractivity contribution in [3.8, 4) is 0 Å². The van der Waals surface area contributed by atoms with Gasteiger partial charge in [-0.15, -0.1) is 4.91 Å². The molecule has 0 aliphatic heterocycles. The molecule has 0 amide bonds. The first-order valence-electron chi connectivity index (χ1n) is 4.30. The van der Waals surface area contributed by atoms with Gasteiger partial charge in [-0.25, -0.2) is 0 Å². The van der Waals surface area contributed by atoms with Gasteiger partial charge in [0.2, 0.25) is 0 Å². The zero-order valence-corrected chi connectivity index (χ0v) is 7.55. The lowest BCUT2D eigenvalue weighted by atomic mass is 10.1. The molecule has 1 N–H and O–H groups in total. The molecular formula is C8H19NO2. The molecule has 0 aromatic carbocycles. The molecule has 3 heteroatoms. The quantitative estimate of drug-likeness (QED) is 0.381. The molecule has 0 rings (SSSR count). The van der Waals surface area contributed by atoms with E-state index < -0.39 is 0 Å². The van der Waals surface area contributed by atoms with Gasteiger partial charge in [-0.3, -0.25) is 0 Å². The van der Waals surface area contributed by atoms with Crippen LogP contribution in [0.25, 0.3) is 0 Å². The van der Waals surface area contributed by atoms with Crippen molar-refractivity contribution in [3.63, 3.8) is 0 Å². The Labute approximate surface area is 68.7 Å². The molecule has 0 heterocycles. The van der Waals surface area contributed by atoms with Crippen LogP contribution in [0, 0.1) is 4.91 Å². The first-order chi connectivity index (χ1) is 5.33. The van der Waals surface area contributed by atoms with Gasteiger partial charge in [-0.05, 0) is 0 Å². The molecule has 0 bridgehead atoms. The van der Waals surface area contributed by atoms with Crippen LogP contribution in [0.2, 0.25) is 0 Å². The van der Waals surface area contributed by atoms with E-state index >= 15 is 0 Å². The minimum atomic E-state index is 1.25. The molecule has 0 radical (unpaired) electrons. The van der Waals surface area contributed by atoms with Crippen molar-refractivity contribution in [2.45, 2.75) is 52.4 Å². The maximum absolute atomic E-state index is 8.11. The van der Waals surface area contributed by atoms with Crippen LogP contribution in [0.5, 0.6) is 0 Å². The zero-order chi connectivity index (χ0) is 8.95. The van der Waals surface area contributed by atoms with E-state index in [1.807, 2.05) is 0 Å². The van der Waals surface area contributed by atoms with Crippen LogP contribution >= 0.6 is 0 Å². The summed E-state index contributed by atoms with van der Waals surface area (Å²) in [6.45, 7) is 4.51. The summed E-state index contributed by atoms with van der Waals surface area (Å²) in [7, 11) is 0. The van der Waals surface area contributed by atoms with Crippen LogP contribution in [0.4, 0.5) is 0 Å². The molecule has 0 atom stereocenters. The van der Waals surface area contributed by atoms with Gasteiger partial charge in [0.25, 0.3) is 0 Å². The lowest BCUT2D eigenvalue weighted by molar-refractivity contribution is 0.312. The molecule has 0 spiro atoms. The molecule has 11 heavy (non-hydrogen) atoms. The summed E-state index contributed by atoms with van der Waals surface area (Å²) in [6, 6.07) is 0. The average Bonchev–Trinajstić information content (AvgIpc) is 2.00. The van der Waals surface area contributed by atoms with Crippen molar-refractivity contribution in [2.24, 2.45) is 5.34 Å². The van der Waals surface area contributed by atoms with Gasteiger partial charge in [0.15, 0.2) is 5.34 Å². The van der Waals surface area contributed by atoms with E-state index in [1.165, 1.54) is 43.9 Å². The number of rotatable bonds is 5. The fraction of sp³-hybridized carbons (Fsp3) is 1.00. The van der Waals surface area contributed by atoms with Crippen molar-refractivity contribution in [1.29, 1.82) is 0 Å². The number of unbranched alkanes of at least 4 members (excludes halogenated alkanes) is 5. The molecule has 0 aromatic rings. The molecule has 68 valence electrons. The predicted molar refractivity (Wildman–Crippen MR) is 46.6 cm³/mol. The molecule has 0 unspecified atom stereocenters. The second kappa shape index (κ2) is 16.2. The minimum absolute atomic E-state index is 1.25. The molecule has 0 saturated heterocycles. The summed E-state index contributed by atoms with van der Waals surface area (Å²) in [6.07, 6.45) is 8.49. The Balaban J connectivity index is 0. The van der Waals surface area contributed by atoms with Crippen LogP contribution < -0.4 is 0 Å². The Morgan fingerprint density at radius 1 is 1.00 bits per heavy atom. The Kier molecular flexibility index (Phi) is 19.2. The Morgan fingerprint density at radius 2 is 1.27 bits per heavy atom. The maximum Gasteiger partial charge on any atom is 0.152 e. The zero-order valence-electron chi connectivity index (χ0n) is 7.55. The summed E-state index contributed by atoms with van der Waals surface area (Å²) in [5.74, 6) is 0. The molecule has 0 aromatic heterocycles. The second-order valence-corrected chi connectivity index (χ2v) is 2.50. The van der Waals surface area contributed by atoms with Gasteiger partial charge in [0.05, 0.1) is 0 Å². The van der Waals surface area contributed by atoms with Gasteiger partial charge >= 0.3 is 0 Å². The highest BCUT2D eigenvalue weighted by Crippen LogP contribution is 2.03. The third-order valence-corrected chi connectivity index (χ3v) is 1.46. The van der Waals surface area contributed by atoms with Gasteiger partial charge in [0, 0.05) is 0 Å². The fourth-order valence-electron chi connectivity index (χ4n) is 0.854. The third-order valence-electron chi connectivity index (χ3n) is 1.46. The van der Waals surface area contributed by atoms with Gasteiger partial charge < -0.3 is 5.21 Å². The second-order valence-electron chi connectivity index (χ2n) is 2.50. The highest BCUT2D eigenvalue weighted by Gasteiger charge is 1.83. The molecular weight excluding hydrogens is 142 g/mol. The summed E-state index contributed by atoms with van der Waals surface area (Å²) < 4.78 is 0. The highest BCUT2D eigenvalue weighted by atomic mass is 16.6. The van der Waals surface area contributed by atoms with Gasteiger partial charge in [-0.2, -0.15) is 0 Å². The van der Waals surface area contributed by atoms with E-state index in [9.17, 15) is 0 Å². The fourth-order valence-corrected chi connectivity index (χ4v) is 0.854. The monoisotopic (exact) mass is 161 g/mol. The van der Waals surface area contributed by atoms with E-state index in [1.54, 1.807) is 0 Å². The van der Waals surface area contributed by atoms with Crippen molar-refractivity contribution in [1.82, 2.24) is 0 Å². The first-order valence-corrected chi connectivity index (χ1v) is 4.30. The van der Waals surface area contributed by atoms with E-state index in [0.29, 0.717) is 0 Å². The summed E-state index contributed by atoms with van der Waals surface area (Å²) >= 11 is 0. The first kappa shape index (κ1) is 13.0. The topological polar surface area (TPSA) is 49.7 Å². The summed E-state index contributed by atoms with van der Waals surface area (Å²) in [5, 5.41) is 7.89. The number of hydrogen-bond acceptors (Lipinski definition) is 2. The smallest absolute Gasteiger partial charge is 0.152 e. The summed E-state index contributed by atoms with van der Waals surface area (Å²) in [5.41, 5.74) is 0. The molecule has 0 saturated carbocycles. The van der Waals surface area contributed by atoms with Crippen molar-refractivity contribution in [3.05, 3.63) is 4.91 Å². The van der Waals surface area contributed by atoms with Crippen molar-refractivity contribution >= 4 is 0 Å². The van der Waals surface area contributed by atoms with Crippen molar-refractivity contribution in [2.75, 3.05) is 0 Å². The number of hydrogen-bond donors (Lipinski definition) is 1. The Morgan fingerprint density at radius 3 is 1.45 bits per heavy atom. The van der Waals surface area contributed by atoms with E-state index in [2.05, 4.69) is 13.8 Å². The van der Waals surface area contributed by atoms with Crippen molar-refractivity contribution < 1.29 is 5.21 Å². The van der Waals surface area contributed by atoms with Crippen LogP contribution in [0.15, 0.2) is 5.34 Å². The normalized spacial score (nSPS) is 8.18. The molecule has 0 aliphatic carbocycles.